The molecular formula is C16H20N2O3S. The summed E-state index contributed by atoms with van der Waals surface area (Å²) in [6.45, 7) is 1.84. The number of benzene rings is 1. The third-order valence-electron chi connectivity index (χ3n) is 4.69. The smallest absolute Gasteiger partial charge is 0.337 e. The molecule has 2 N–H and O–H groups in total. The van der Waals surface area contributed by atoms with E-state index in [2.05, 4.69) is 9.62 Å². The summed E-state index contributed by atoms with van der Waals surface area (Å²) in [5.41, 5.74) is 2.52. The predicted octanol–water partition coefficient (Wildman–Crippen LogP) is 3.02. The van der Waals surface area contributed by atoms with Gasteiger partial charge in [0, 0.05) is 18.8 Å². The fraction of sp³-hybridized carbons (Fsp3) is 0.500. The molecule has 3 rings (SSSR count). The zero-order valence-electron chi connectivity index (χ0n) is 12.4. The molecular weight excluding hydrogens is 300 g/mol. The van der Waals surface area contributed by atoms with Crippen molar-refractivity contribution in [2.24, 2.45) is 5.41 Å². The van der Waals surface area contributed by atoms with Crippen molar-refractivity contribution < 1.29 is 14.7 Å². The van der Waals surface area contributed by atoms with Gasteiger partial charge < -0.3 is 19.5 Å². The van der Waals surface area contributed by atoms with Crippen LogP contribution < -0.4 is 9.62 Å². The summed E-state index contributed by atoms with van der Waals surface area (Å²) < 4.78 is 3.09. The molecule has 6 heteroatoms. The molecule has 0 atom stereocenters. The Morgan fingerprint density at radius 2 is 2.05 bits per heavy atom. The number of piperidine rings is 1. The van der Waals surface area contributed by atoms with E-state index >= 15 is 0 Å². The Labute approximate surface area is 134 Å². The topological polar surface area (TPSA) is 69.6 Å². The molecule has 2 aliphatic rings. The predicted molar refractivity (Wildman–Crippen MR) is 88.7 cm³/mol. The number of nitrogens with zero attached hydrogens (tertiary/aromatic N) is 1. The maximum atomic E-state index is 11.5. The van der Waals surface area contributed by atoms with Crippen molar-refractivity contribution in [1.82, 2.24) is 0 Å². The molecule has 1 aliphatic carbocycles. The molecule has 0 unspecified atom stereocenters. The van der Waals surface area contributed by atoms with Crippen LogP contribution in [-0.4, -0.2) is 36.2 Å². The molecule has 2 fully saturated rings. The van der Waals surface area contributed by atoms with Gasteiger partial charge in [-0.15, -0.1) is 0 Å². The third kappa shape index (κ3) is 3.21. The first kappa shape index (κ1) is 15.2. The Morgan fingerprint density at radius 3 is 2.64 bits per heavy atom. The van der Waals surface area contributed by atoms with Gasteiger partial charge in [0.05, 0.1) is 17.0 Å². The van der Waals surface area contributed by atoms with Crippen LogP contribution in [0.3, 0.4) is 0 Å². The van der Waals surface area contributed by atoms with Gasteiger partial charge in [0.25, 0.3) is 0 Å². The van der Waals surface area contributed by atoms with Crippen LogP contribution in [0.4, 0.5) is 11.4 Å². The van der Waals surface area contributed by atoms with E-state index in [0.29, 0.717) is 16.7 Å². The Bertz CT molecular complexity index is 577. The Balaban J connectivity index is 1.78. The molecule has 0 amide bonds. The summed E-state index contributed by atoms with van der Waals surface area (Å²) in [7, 11) is 0. The first-order chi connectivity index (χ1) is 10.6. The fourth-order valence-electron chi connectivity index (χ4n) is 3.10. The number of aldehydes is 1. The maximum Gasteiger partial charge on any atom is 0.337 e. The molecule has 5 nitrogen and oxygen atoms in total. The van der Waals surface area contributed by atoms with Crippen molar-refractivity contribution in [3.05, 3.63) is 23.8 Å². The summed E-state index contributed by atoms with van der Waals surface area (Å²) >= 11 is 1.30. The number of aromatic carboxylic acids is 1. The van der Waals surface area contributed by atoms with Crippen molar-refractivity contribution in [3.8, 4) is 0 Å². The number of carbonyl (C=O) groups excluding carboxylic acids is 1. The lowest BCUT2D eigenvalue weighted by atomic mass is 9.93. The van der Waals surface area contributed by atoms with E-state index in [1.54, 1.807) is 12.1 Å². The molecule has 1 aromatic carbocycles. The van der Waals surface area contributed by atoms with E-state index in [9.17, 15) is 14.7 Å². The molecule has 1 heterocycles. The van der Waals surface area contributed by atoms with Crippen LogP contribution in [0.5, 0.6) is 0 Å². The highest BCUT2D eigenvalue weighted by atomic mass is 32.2. The number of rotatable bonds is 6. The molecule has 1 saturated heterocycles. The van der Waals surface area contributed by atoms with Gasteiger partial charge in [0.1, 0.15) is 6.29 Å². The largest absolute Gasteiger partial charge is 0.478 e. The number of carboxylic acid groups (broad SMARTS) is 1. The highest BCUT2D eigenvalue weighted by Gasteiger charge is 2.44. The lowest BCUT2D eigenvalue weighted by molar-refractivity contribution is -0.105. The number of hydrogen-bond donors (Lipinski definition) is 2. The first-order valence-electron chi connectivity index (χ1n) is 7.57. The molecule has 1 aromatic rings. The summed E-state index contributed by atoms with van der Waals surface area (Å²) in [5.74, 6) is -0.531. The first-order valence-corrected chi connectivity index (χ1v) is 8.56. The lowest BCUT2D eigenvalue weighted by Gasteiger charge is -2.34. The van der Waals surface area contributed by atoms with Gasteiger partial charge in [-0.3, -0.25) is 0 Å². The van der Waals surface area contributed by atoms with Gasteiger partial charge in [-0.1, -0.05) is 0 Å². The standard InChI is InChI=1S/C16H20N2O3S/c19-9-10-22-17-12-1-2-13(15(20)21)14(11-12)18-7-5-16(3-4-16)6-8-18/h1-2,9,11,17H,3-8,10H2,(H,20,21). The number of carboxylic acids is 1. The van der Waals surface area contributed by atoms with E-state index < -0.39 is 5.97 Å². The number of carbonyl (C=O) groups is 2. The van der Waals surface area contributed by atoms with Gasteiger partial charge >= 0.3 is 5.97 Å². The summed E-state index contributed by atoms with van der Waals surface area (Å²) in [6, 6.07) is 5.27. The second kappa shape index (κ2) is 6.20. The number of hydrogen-bond acceptors (Lipinski definition) is 5. The highest BCUT2D eigenvalue weighted by molar-refractivity contribution is 8.01. The van der Waals surface area contributed by atoms with Gasteiger partial charge in [-0.05, 0) is 61.2 Å². The SMILES string of the molecule is O=CCSNc1ccc(C(=O)O)c(N2CCC3(CC2)CC3)c1. The van der Waals surface area contributed by atoms with Crippen LogP contribution in [-0.2, 0) is 4.79 Å². The van der Waals surface area contributed by atoms with E-state index in [0.717, 1.165) is 43.6 Å². The van der Waals surface area contributed by atoms with Crippen molar-refractivity contribution in [2.45, 2.75) is 25.7 Å². The monoisotopic (exact) mass is 320 g/mol. The minimum absolute atomic E-state index is 0.345. The number of nitrogens with one attached hydrogen (secondary N) is 1. The summed E-state index contributed by atoms with van der Waals surface area (Å²) in [6.07, 6.45) is 5.81. The third-order valence-corrected chi connectivity index (χ3v) is 5.37. The molecule has 118 valence electrons. The molecule has 0 aromatic heterocycles. The van der Waals surface area contributed by atoms with E-state index in [-0.39, 0.29) is 0 Å². The average Bonchev–Trinajstić information content (AvgIpc) is 3.27. The molecule has 22 heavy (non-hydrogen) atoms. The van der Waals surface area contributed by atoms with Crippen LogP contribution in [0.2, 0.25) is 0 Å². The summed E-state index contributed by atoms with van der Waals surface area (Å²) in [4.78, 5) is 24.0. The quantitative estimate of drug-likeness (QED) is 0.477. The van der Waals surface area contributed by atoms with Gasteiger partial charge in [0.15, 0.2) is 0 Å². The second-order valence-electron chi connectivity index (χ2n) is 6.10. The van der Waals surface area contributed by atoms with Gasteiger partial charge in [0.2, 0.25) is 0 Å². The zero-order valence-corrected chi connectivity index (χ0v) is 13.2. The van der Waals surface area contributed by atoms with E-state index in [1.807, 2.05) is 6.07 Å². The maximum absolute atomic E-state index is 11.5. The summed E-state index contributed by atoms with van der Waals surface area (Å²) in [5, 5.41) is 9.42. The Kier molecular flexibility index (Phi) is 4.29. The molecule has 1 spiro atoms. The van der Waals surface area contributed by atoms with Crippen LogP contribution in [0.1, 0.15) is 36.0 Å². The molecule has 1 saturated carbocycles. The normalized spacial score (nSPS) is 19.0. The van der Waals surface area contributed by atoms with Gasteiger partial charge in [-0.2, -0.15) is 0 Å². The zero-order chi connectivity index (χ0) is 15.6. The van der Waals surface area contributed by atoms with Crippen molar-refractivity contribution >= 4 is 35.6 Å². The van der Waals surface area contributed by atoms with Gasteiger partial charge in [-0.25, -0.2) is 4.79 Å². The number of anilines is 2. The fourth-order valence-corrected chi connectivity index (χ4v) is 3.54. The van der Waals surface area contributed by atoms with Crippen LogP contribution in [0, 0.1) is 5.41 Å². The molecule has 0 bridgehead atoms. The van der Waals surface area contributed by atoms with E-state index in [4.69, 9.17) is 0 Å². The van der Waals surface area contributed by atoms with E-state index in [1.165, 1.54) is 24.8 Å². The molecule has 1 aliphatic heterocycles. The van der Waals surface area contributed by atoms with Crippen LogP contribution >= 0.6 is 11.9 Å². The second-order valence-corrected chi connectivity index (χ2v) is 6.93. The average molecular weight is 320 g/mol. The van der Waals surface area contributed by atoms with Crippen LogP contribution in [0.25, 0.3) is 0 Å². The minimum Gasteiger partial charge on any atom is -0.478 e. The van der Waals surface area contributed by atoms with Crippen molar-refractivity contribution in [3.63, 3.8) is 0 Å². The Hall–Kier alpha value is -1.69. The van der Waals surface area contributed by atoms with Crippen molar-refractivity contribution in [2.75, 3.05) is 28.5 Å². The highest BCUT2D eigenvalue weighted by Crippen LogP contribution is 2.54. The lowest BCUT2D eigenvalue weighted by Crippen LogP contribution is -2.35. The Morgan fingerprint density at radius 1 is 1.32 bits per heavy atom. The van der Waals surface area contributed by atoms with Crippen LogP contribution in [0.15, 0.2) is 18.2 Å². The minimum atomic E-state index is -0.895. The van der Waals surface area contributed by atoms with Crippen molar-refractivity contribution in [1.29, 1.82) is 0 Å². The molecule has 0 radical (unpaired) electrons.